The minimum Gasteiger partial charge on any atom is -0.451 e. The van der Waals surface area contributed by atoms with Crippen molar-refractivity contribution >= 4 is 11.8 Å². The molecule has 0 radical (unpaired) electrons. The first kappa shape index (κ1) is 15.5. The van der Waals surface area contributed by atoms with Gasteiger partial charge in [-0.15, -0.1) is 0 Å². The average molecular weight is 364 g/mol. The smallest absolute Gasteiger partial charge is 0.331 e. The van der Waals surface area contributed by atoms with Gasteiger partial charge in [0.1, 0.15) is 5.60 Å². The summed E-state index contributed by atoms with van der Waals surface area (Å²) < 4.78 is 6.17. The van der Waals surface area contributed by atoms with Gasteiger partial charge in [0.05, 0.1) is 0 Å². The number of hydrogen-bond acceptors (Lipinski definition) is 3. The van der Waals surface area contributed by atoms with E-state index in [0.717, 1.165) is 48.9 Å². The van der Waals surface area contributed by atoms with Crippen LogP contribution in [0.3, 0.4) is 0 Å². The van der Waals surface area contributed by atoms with Crippen LogP contribution in [0.2, 0.25) is 0 Å². The summed E-state index contributed by atoms with van der Waals surface area (Å²) in [7, 11) is 0. The minimum atomic E-state index is -0.290. The second-order valence-corrected chi connectivity index (χ2v) is 10.6. The molecule has 3 heteroatoms. The summed E-state index contributed by atoms with van der Waals surface area (Å²) in [5, 5.41) is 0. The Morgan fingerprint density at radius 1 is 1.11 bits per heavy atom. The fourth-order valence-corrected chi connectivity index (χ4v) is 9.37. The molecule has 27 heavy (non-hydrogen) atoms. The lowest BCUT2D eigenvalue weighted by molar-refractivity contribution is -0.172. The fraction of sp³-hybridized carbons (Fsp3) is 0.750. The normalized spacial score (nSPS) is 58.6. The molecule has 1 spiro atoms. The van der Waals surface area contributed by atoms with E-state index in [4.69, 9.17) is 4.74 Å². The molecule has 5 saturated carbocycles. The fourth-order valence-electron chi connectivity index (χ4n) is 9.37. The first-order chi connectivity index (χ1) is 13.1. The van der Waals surface area contributed by atoms with Crippen LogP contribution in [0.4, 0.5) is 0 Å². The molecule has 0 aromatic rings. The summed E-state index contributed by atoms with van der Waals surface area (Å²) in [6.07, 6.45) is 14.0. The van der Waals surface area contributed by atoms with Crippen molar-refractivity contribution in [2.45, 2.75) is 57.5 Å². The van der Waals surface area contributed by atoms with Gasteiger partial charge in [0.15, 0.2) is 5.78 Å². The van der Waals surface area contributed by atoms with E-state index in [0.29, 0.717) is 23.5 Å². The predicted octanol–water partition coefficient (Wildman–Crippen LogP) is 4.08. The zero-order valence-electron chi connectivity index (χ0n) is 16.0. The average Bonchev–Trinajstić information content (AvgIpc) is 3.57. The maximum Gasteiger partial charge on any atom is 0.331 e. The van der Waals surface area contributed by atoms with Gasteiger partial charge in [0.2, 0.25) is 0 Å². The van der Waals surface area contributed by atoms with Gasteiger partial charge >= 0.3 is 5.97 Å². The third-order valence-electron chi connectivity index (χ3n) is 10.2. The molecule has 3 nitrogen and oxygen atoms in total. The van der Waals surface area contributed by atoms with E-state index in [1.54, 1.807) is 6.08 Å². The van der Waals surface area contributed by atoms with Crippen molar-refractivity contribution in [3.8, 4) is 0 Å². The number of esters is 1. The van der Waals surface area contributed by atoms with Gasteiger partial charge in [-0.3, -0.25) is 4.79 Å². The lowest BCUT2D eigenvalue weighted by Crippen LogP contribution is -2.56. The second kappa shape index (κ2) is 4.60. The van der Waals surface area contributed by atoms with E-state index in [1.165, 1.54) is 31.3 Å². The second-order valence-electron chi connectivity index (χ2n) is 10.6. The van der Waals surface area contributed by atoms with Crippen LogP contribution in [0, 0.1) is 52.8 Å². The molecule has 0 amide bonds. The van der Waals surface area contributed by atoms with Gasteiger partial charge < -0.3 is 4.74 Å². The molecule has 0 N–H and O–H groups in total. The Balaban J connectivity index is 1.33. The summed E-state index contributed by atoms with van der Waals surface area (Å²) in [6.45, 7) is 2.34. The molecule has 0 bridgehead atoms. The van der Waals surface area contributed by atoms with Crippen molar-refractivity contribution in [3.63, 3.8) is 0 Å². The summed E-state index contributed by atoms with van der Waals surface area (Å²) in [5.74, 6) is 6.08. The largest absolute Gasteiger partial charge is 0.451 e. The third kappa shape index (κ3) is 1.60. The Kier molecular flexibility index (Phi) is 2.65. The quantitative estimate of drug-likeness (QED) is 0.659. The van der Waals surface area contributed by atoms with E-state index in [9.17, 15) is 9.59 Å². The Morgan fingerprint density at radius 2 is 2.00 bits per heavy atom. The molecule has 0 aromatic carbocycles. The van der Waals surface area contributed by atoms with Crippen molar-refractivity contribution in [2.24, 2.45) is 52.8 Å². The number of allylic oxidation sites excluding steroid dienone is 1. The number of carbonyl (C=O) groups is 2. The van der Waals surface area contributed by atoms with Crippen molar-refractivity contribution in [1.29, 1.82) is 0 Å². The minimum absolute atomic E-state index is 0.111. The van der Waals surface area contributed by atoms with Crippen LogP contribution in [0.1, 0.15) is 51.9 Å². The van der Waals surface area contributed by atoms with Crippen LogP contribution in [0.5, 0.6) is 0 Å². The molecule has 10 atom stereocenters. The number of ether oxygens (including phenoxy) is 1. The van der Waals surface area contributed by atoms with Gasteiger partial charge in [-0.2, -0.15) is 0 Å². The lowest BCUT2D eigenvalue weighted by atomic mass is 9.48. The molecule has 142 valence electrons. The highest BCUT2D eigenvalue weighted by Gasteiger charge is 2.80. The lowest BCUT2D eigenvalue weighted by Gasteiger charge is -2.58. The monoisotopic (exact) mass is 364 g/mol. The highest BCUT2D eigenvalue weighted by molar-refractivity contribution is 5.91. The maximum atomic E-state index is 12.1. The highest BCUT2D eigenvalue weighted by atomic mass is 16.6. The van der Waals surface area contributed by atoms with E-state index < -0.39 is 0 Å². The van der Waals surface area contributed by atoms with Crippen molar-refractivity contribution in [1.82, 2.24) is 0 Å². The molecule has 7 aliphatic rings. The topological polar surface area (TPSA) is 43.4 Å². The predicted molar refractivity (Wildman–Crippen MR) is 99.4 cm³/mol. The molecule has 1 aliphatic heterocycles. The Hall–Kier alpha value is -1.38. The van der Waals surface area contributed by atoms with Gasteiger partial charge in [-0.25, -0.2) is 4.79 Å². The summed E-state index contributed by atoms with van der Waals surface area (Å²) in [5.41, 5.74) is 1.42. The van der Waals surface area contributed by atoms with E-state index in [-0.39, 0.29) is 17.0 Å². The SMILES string of the molecule is CC[C@]12CC[C@H]3[C@@H]([C@H]4C[C@H]4C4=CC(=O)CC[C@@H]43)[C@@H]1[C@@H]1C[C@@H]1[C@@]21C=CC(=O)O1. The van der Waals surface area contributed by atoms with E-state index in [2.05, 4.69) is 13.0 Å². The number of rotatable bonds is 1. The molecular formula is C24H28O3. The maximum absolute atomic E-state index is 12.1. The Bertz CT molecular complexity index is 839. The van der Waals surface area contributed by atoms with E-state index >= 15 is 0 Å². The number of fused-ring (bicyclic) bond motifs is 12. The molecule has 0 saturated heterocycles. The van der Waals surface area contributed by atoms with Crippen LogP contribution >= 0.6 is 0 Å². The molecule has 0 unspecified atom stereocenters. The number of ketones is 1. The molecule has 7 rings (SSSR count). The Morgan fingerprint density at radius 3 is 2.78 bits per heavy atom. The Labute approximate surface area is 160 Å². The zero-order chi connectivity index (χ0) is 18.1. The van der Waals surface area contributed by atoms with Gasteiger partial charge in [0.25, 0.3) is 0 Å². The van der Waals surface area contributed by atoms with Crippen molar-refractivity contribution < 1.29 is 14.3 Å². The van der Waals surface area contributed by atoms with Crippen LogP contribution in [0.25, 0.3) is 0 Å². The van der Waals surface area contributed by atoms with Gasteiger partial charge in [0, 0.05) is 23.8 Å². The highest BCUT2D eigenvalue weighted by Crippen LogP contribution is 2.81. The van der Waals surface area contributed by atoms with Crippen LogP contribution in [0.15, 0.2) is 23.8 Å². The number of hydrogen-bond donors (Lipinski definition) is 0. The summed E-state index contributed by atoms with van der Waals surface area (Å²) >= 11 is 0. The van der Waals surface area contributed by atoms with Crippen LogP contribution < -0.4 is 0 Å². The van der Waals surface area contributed by atoms with Crippen molar-refractivity contribution in [2.75, 3.05) is 0 Å². The molecule has 5 fully saturated rings. The zero-order valence-corrected chi connectivity index (χ0v) is 16.0. The molecule has 6 aliphatic carbocycles. The van der Waals surface area contributed by atoms with E-state index in [1.807, 2.05) is 6.08 Å². The van der Waals surface area contributed by atoms with Gasteiger partial charge in [-0.05, 0) is 92.1 Å². The summed E-state index contributed by atoms with van der Waals surface area (Å²) in [4.78, 5) is 24.2. The van der Waals surface area contributed by atoms with Crippen LogP contribution in [-0.2, 0) is 14.3 Å². The third-order valence-corrected chi connectivity index (χ3v) is 10.2. The van der Waals surface area contributed by atoms with Gasteiger partial charge in [-0.1, -0.05) is 12.5 Å². The summed E-state index contributed by atoms with van der Waals surface area (Å²) in [6, 6.07) is 0. The molecule has 1 heterocycles. The van der Waals surface area contributed by atoms with Crippen molar-refractivity contribution in [3.05, 3.63) is 23.8 Å². The number of carbonyl (C=O) groups excluding carboxylic acids is 2. The van der Waals surface area contributed by atoms with Crippen LogP contribution in [-0.4, -0.2) is 17.4 Å². The molecular weight excluding hydrogens is 336 g/mol. The molecule has 0 aromatic heterocycles. The first-order valence-corrected chi connectivity index (χ1v) is 11.3. The standard InChI is InChI=1S/C24H28O3/c1-2-23-7-5-14-13-4-3-12(25)9-15(13)16-10-17(16)21(14)22(23)18-11-19(18)24(23)8-6-20(26)27-24/h6,8-9,13-14,16-19,21-22H,2-5,7,10-11H2,1H3/t13-,14-,16+,17+,18-,19+,21+,22+,23+,24+/m1/s1. The first-order valence-electron chi connectivity index (χ1n) is 11.3.